The number of fused-ring (bicyclic) bond motifs is 4. The van der Waals surface area contributed by atoms with E-state index < -0.39 is 59.3 Å². The number of likely N-dealkylation sites (tertiary alicyclic amines) is 2. The SMILES string of the molecule is COC(=O)N[C@H](C(=O)N1CCC[C@@H]1c1nc(-c2ccc3c(c2)C(F)(F)C(F)(F)c2cc(-c4ccc5nc([C@@H]6CCCN6C(=O)[C@@H](NC(=O)OC)C(C)C)[nH]c5c4)ccc2-3)c[nH]1)C(C)C. The van der Waals surface area contributed by atoms with Crippen LogP contribution in [0.3, 0.4) is 0 Å². The van der Waals surface area contributed by atoms with Gasteiger partial charge in [-0.15, -0.1) is 0 Å². The predicted molar refractivity (Wildman–Crippen MR) is 228 cm³/mol. The Morgan fingerprint density at radius 2 is 1.17 bits per heavy atom. The minimum atomic E-state index is -4.59. The number of alkyl carbamates (subject to hydrolysis) is 2. The van der Waals surface area contributed by atoms with Gasteiger partial charge in [0.15, 0.2) is 0 Å². The van der Waals surface area contributed by atoms with Gasteiger partial charge in [-0.2, -0.15) is 17.6 Å². The molecule has 2 fully saturated rings. The quantitative estimate of drug-likeness (QED) is 0.101. The largest absolute Gasteiger partial charge is 0.453 e. The van der Waals surface area contributed by atoms with Gasteiger partial charge in [0.2, 0.25) is 11.8 Å². The number of halogens is 4. The third-order valence-electron chi connectivity index (χ3n) is 12.6. The lowest BCUT2D eigenvalue weighted by Crippen LogP contribution is -2.51. The van der Waals surface area contributed by atoms with Crippen molar-refractivity contribution in [2.24, 2.45) is 11.8 Å². The zero-order valence-electron chi connectivity index (χ0n) is 36.2. The van der Waals surface area contributed by atoms with E-state index in [1.807, 2.05) is 13.8 Å². The molecule has 4 atom stereocenters. The third kappa shape index (κ3) is 7.69. The Bertz CT molecular complexity index is 2630. The molecule has 3 aliphatic rings. The Morgan fingerprint density at radius 3 is 1.70 bits per heavy atom. The van der Waals surface area contributed by atoms with Crippen LogP contribution in [0.2, 0.25) is 0 Å². The molecule has 14 nitrogen and oxygen atoms in total. The summed E-state index contributed by atoms with van der Waals surface area (Å²) in [6, 6.07) is 10.7. The molecular weight excluding hydrogens is 837 g/mol. The number of methoxy groups -OCH3 is 2. The van der Waals surface area contributed by atoms with Gasteiger partial charge >= 0.3 is 24.0 Å². The van der Waals surface area contributed by atoms with E-state index >= 15 is 17.6 Å². The fourth-order valence-electron chi connectivity index (χ4n) is 9.16. The van der Waals surface area contributed by atoms with Crippen molar-refractivity contribution in [3.8, 4) is 33.5 Å². The smallest absolute Gasteiger partial charge is 0.407 e. The average molecular weight is 887 g/mol. The maximum atomic E-state index is 16.2. The molecule has 4 N–H and O–H groups in total. The lowest BCUT2D eigenvalue weighted by molar-refractivity contribution is -0.225. The number of ether oxygens (including phenoxy) is 2. The molecule has 5 aromatic rings. The van der Waals surface area contributed by atoms with Gasteiger partial charge in [0, 0.05) is 36.0 Å². The number of hydrogen-bond donors (Lipinski definition) is 4. The standard InChI is InChI=1S/C46H50F4N8O6/c1-23(2)37(55-43(61)63-5)41(59)57-17-7-9-35(57)39-51-22-34(54-39)27-12-15-29-28-14-11-25(19-30(28)45(47,48)46(49,50)31(29)20-27)26-13-16-32-33(21-26)53-40(52-32)36-10-8-18-58(36)42(60)38(24(3)4)56-44(62)64-6/h11-16,19-24,35-38H,7-10,17-18H2,1-6H3,(H,51,54)(H,52,53)(H,55,61)(H,56,62)/t35-,36+,37+,38+/m1/s1. The first-order chi connectivity index (χ1) is 30.4. The van der Waals surface area contributed by atoms with E-state index in [1.165, 1.54) is 32.5 Å². The molecule has 18 heteroatoms. The van der Waals surface area contributed by atoms with E-state index in [0.717, 1.165) is 12.1 Å². The lowest BCUT2D eigenvalue weighted by atomic mass is 9.78. The highest BCUT2D eigenvalue weighted by molar-refractivity contribution is 5.88. The van der Waals surface area contributed by atoms with Gasteiger partial charge in [-0.25, -0.2) is 19.6 Å². The number of carbonyl (C=O) groups excluding carboxylic acids is 4. The second-order valence-corrected chi connectivity index (χ2v) is 17.3. The number of carbonyl (C=O) groups is 4. The summed E-state index contributed by atoms with van der Waals surface area (Å²) in [5.74, 6) is -9.29. The van der Waals surface area contributed by atoms with Crippen molar-refractivity contribution >= 4 is 35.0 Å². The number of nitrogens with zero attached hydrogens (tertiary/aromatic N) is 4. The first-order valence-corrected chi connectivity index (χ1v) is 21.4. The van der Waals surface area contributed by atoms with Crippen LogP contribution < -0.4 is 10.6 Å². The Kier molecular flexibility index (Phi) is 11.7. The van der Waals surface area contributed by atoms with Gasteiger partial charge in [0.25, 0.3) is 0 Å². The van der Waals surface area contributed by atoms with Gasteiger partial charge in [0.05, 0.1) is 43.0 Å². The minimum absolute atomic E-state index is 0.0263. The Hall–Kier alpha value is -6.46. The number of imidazole rings is 2. The normalized spacial score (nSPS) is 19.6. The zero-order chi connectivity index (χ0) is 45.8. The minimum Gasteiger partial charge on any atom is -0.453 e. The number of hydrogen-bond acceptors (Lipinski definition) is 8. The van der Waals surface area contributed by atoms with Crippen LogP contribution in [0.5, 0.6) is 0 Å². The van der Waals surface area contributed by atoms with E-state index in [2.05, 4.69) is 25.6 Å². The van der Waals surface area contributed by atoms with Crippen molar-refractivity contribution in [1.82, 2.24) is 40.4 Å². The van der Waals surface area contributed by atoms with Crippen LogP contribution in [0.4, 0.5) is 27.2 Å². The van der Waals surface area contributed by atoms with Gasteiger partial charge in [0.1, 0.15) is 23.7 Å². The zero-order valence-corrected chi connectivity index (χ0v) is 36.2. The fourth-order valence-corrected chi connectivity index (χ4v) is 9.16. The van der Waals surface area contributed by atoms with Crippen LogP contribution >= 0.6 is 0 Å². The highest BCUT2D eigenvalue weighted by atomic mass is 19.3. The van der Waals surface area contributed by atoms with Crippen molar-refractivity contribution in [3.63, 3.8) is 0 Å². The maximum absolute atomic E-state index is 16.2. The van der Waals surface area contributed by atoms with Gasteiger partial charge < -0.3 is 39.9 Å². The summed E-state index contributed by atoms with van der Waals surface area (Å²) in [4.78, 5) is 70.3. The molecule has 4 amide bonds. The van der Waals surface area contributed by atoms with Crippen LogP contribution in [0.15, 0.2) is 60.8 Å². The second kappa shape index (κ2) is 16.9. The van der Waals surface area contributed by atoms with Crippen molar-refractivity contribution in [2.45, 2.75) is 89.4 Å². The van der Waals surface area contributed by atoms with Crippen molar-refractivity contribution in [1.29, 1.82) is 0 Å². The van der Waals surface area contributed by atoms with Gasteiger partial charge in [-0.1, -0.05) is 58.0 Å². The number of nitrogens with one attached hydrogen (secondary N) is 4. The number of benzene rings is 3. The van der Waals surface area contributed by atoms with Crippen molar-refractivity contribution in [2.75, 3.05) is 27.3 Å². The van der Waals surface area contributed by atoms with Crippen LogP contribution in [-0.2, 0) is 30.9 Å². The number of amides is 4. The number of aromatic amines is 2. The molecule has 8 rings (SSSR count). The summed E-state index contributed by atoms with van der Waals surface area (Å²) in [5, 5.41) is 5.23. The molecule has 2 aromatic heterocycles. The van der Waals surface area contributed by atoms with E-state index in [1.54, 1.807) is 54.0 Å². The summed E-state index contributed by atoms with van der Waals surface area (Å²) < 4.78 is 74.4. The highest BCUT2D eigenvalue weighted by Gasteiger charge is 2.63. The predicted octanol–water partition coefficient (Wildman–Crippen LogP) is 8.57. The molecule has 338 valence electrons. The molecular formula is C46H50F4N8O6. The highest BCUT2D eigenvalue weighted by Crippen LogP contribution is 2.59. The number of alkyl halides is 4. The van der Waals surface area contributed by atoms with Crippen LogP contribution in [0, 0.1) is 11.8 Å². The van der Waals surface area contributed by atoms with Crippen molar-refractivity contribution in [3.05, 3.63) is 83.6 Å². The van der Waals surface area contributed by atoms with E-state index in [0.29, 0.717) is 72.6 Å². The van der Waals surface area contributed by atoms with Gasteiger partial charge in [-0.05, 0) is 84.0 Å². The van der Waals surface area contributed by atoms with Crippen LogP contribution in [0.1, 0.15) is 88.2 Å². The molecule has 1 aliphatic carbocycles. The number of rotatable bonds is 10. The average Bonchev–Trinajstić information content (AvgIpc) is 4.12. The number of aromatic nitrogens is 4. The molecule has 0 radical (unpaired) electrons. The maximum Gasteiger partial charge on any atom is 0.407 e. The molecule has 4 heterocycles. The lowest BCUT2D eigenvalue weighted by Gasteiger charge is -2.35. The molecule has 64 heavy (non-hydrogen) atoms. The van der Waals surface area contributed by atoms with Gasteiger partial charge in [-0.3, -0.25) is 9.59 Å². The Morgan fingerprint density at radius 1 is 0.688 bits per heavy atom. The molecule has 2 aliphatic heterocycles. The topological polar surface area (TPSA) is 175 Å². The fraction of sp³-hybridized carbons (Fsp3) is 0.435. The molecule has 0 spiro atoms. The summed E-state index contributed by atoms with van der Waals surface area (Å²) in [6.07, 6.45) is 2.62. The second-order valence-electron chi connectivity index (χ2n) is 17.3. The Balaban J connectivity index is 1.05. The summed E-state index contributed by atoms with van der Waals surface area (Å²) in [6.45, 7) is 8.12. The first kappa shape index (κ1) is 44.2. The molecule has 0 bridgehead atoms. The third-order valence-corrected chi connectivity index (χ3v) is 12.6. The van der Waals surface area contributed by atoms with Crippen LogP contribution in [0.25, 0.3) is 44.5 Å². The van der Waals surface area contributed by atoms with Crippen LogP contribution in [-0.4, -0.2) is 93.1 Å². The monoisotopic (exact) mass is 886 g/mol. The molecule has 0 unspecified atom stereocenters. The summed E-state index contributed by atoms with van der Waals surface area (Å²) in [7, 11) is 2.44. The van der Waals surface area contributed by atoms with E-state index in [9.17, 15) is 19.2 Å². The summed E-state index contributed by atoms with van der Waals surface area (Å²) in [5.41, 5.74) is 0.642. The summed E-state index contributed by atoms with van der Waals surface area (Å²) >= 11 is 0. The molecule has 0 saturated carbocycles. The van der Waals surface area contributed by atoms with E-state index in [4.69, 9.17) is 14.5 Å². The van der Waals surface area contributed by atoms with Crippen molar-refractivity contribution < 1.29 is 46.2 Å². The molecule has 2 saturated heterocycles. The number of H-pyrrole nitrogens is 2. The van der Waals surface area contributed by atoms with E-state index in [-0.39, 0.29) is 46.0 Å². The molecule has 3 aromatic carbocycles. The first-order valence-electron chi connectivity index (χ1n) is 21.4. The Labute approximate surface area is 366 Å².